The van der Waals surface area contributed by atoms with E-state index in [9.17, 15) is 9.59 Å². The van der Waals surface area contributed by atoms with Crippen LogP contribution in [0.5, 0.6) is 0 Å². The number of nitrogens with zero attached hydrogens (tertiary/aromatic N) is 1. The zero-order valence-electron chi connectivity index (χ0n) is 10.1. The van der Waals surface area contributed by atoms with Crippen LogP contribution in [0.3, 0.4) is 0 Å². The van der Waals surface area contributed by atoms with E-state index in [0.717, 1.165) is 12.5 Å². The van der Waals surface area contributed by atoms with Crippen LogP contribution in [0.25, 0.3) is 0 Å². The lowest BCUT2D eigenvalue weighted by Gasteiger charge is -2.22. The highest BCUT2D eigenvalue weighted by atomic mass is 16.5. The van der Waals surface area contributed by atoms with E-state index < -0.39 is 11.9 Å². The Morgan fingerprint density at radius 2 is 2.18 bits per heavy atom. The van der Waals surface area contributed by atoms with Crippen molar-refractivity contribution in [3.63, 3.8) is 0 Å². The molecule has 0 spiro atoms. The molecule has 6 nitrogen and oxygen atoms in total. The molecule has 0 atom stereocenters. The normalized spacial score (nSPS) is 11.2. The first kappa shape index (κ1) is 13.2. The van der Waals surface area contributed by atoms with Gasteiger partial charge in [0.05, 0.1) is 0 Å². The number of carboxylic acids is 1. The average Bonchev–Trinajstić information content (AvgIpc) is 2.75. The first-order chi connectivity index (χ1) is 7.85. The summed E-state index contributed by atoms with van der Waals surface area (Å²) in [5, 5.41) is 14.7. The third kappa shape index (κ3) is 3.58. The number of aromatic carboxylic acids is 1. The molecule has 1 rings (SSSR count). The van der Waals surface area contributed by atoms with Crippen molar-refractivity contribution in [1.29, 1.82) is 0 Å². The maximum atomic E-state index is 11.6. The average molecular weight is 240 g/mol. The van der Waals surface area contributed by atoms with Gasteiger partial charge >= 0.3 is 5.97 Å². The summed E-state index contributed by atoms with van der Waals surface area (Å²) >= 11 is 0. The van der Waals surface area contributed by atoms with Crippen molar-refractivity contribution in [2.45, 2.75) is 27.2 Å². The van der Waals surface area contributed by atoms with Crippen LogP contribution in [0.15, 0.2) is 10.6 Å². The number of carboxylic acid groups (broad SMARTS) is 1. The molecule has 6 heteroatoms. The number of carbonyl (C=O) groups is 2. The summed E-state index contributed by atoms with van der Waals surface area (Å²) in [5.74, 6) is -2.02. The van der Waals surface area contributed by atoms with E-state index in [2.05, 4.69) is 15.0 Å². The minimum atomic E-state index is -1.24. The van der Waals surface area contributed by atoms with E-state index in [-0.39, 0.29) is 16.9 Å². The molecule has 0 fully saturated rings. The number of nitrogens with one attached hydrogen (secondary N) is 1. The minimum absolute atomic E-state index is 0.00494. The maximum absolute atomic E-state index is 11.6. The number of hydrogen-bond acceptors (Lipinski definition) is 4. The van der Waals surface area contributed by atoms with Crippen LogP contribution < -0.4 is 5.32 Å². The Morgan fingerprint density at radius 3 is 2.65 bits per heavy atom. The van der Waals surface area contributed by atoms with Crippen LogP contribution >= 0.6 is 0 Å². The second kappa shape index (κ2) is 4.99. The Bertz CT molecular complexity index is 423. The molecule has 2 N–H and O–H groups in total. The van der Waals surface area contributed by atoms with Gasteiger partial charge in [0.1, 0.15) is 0 Å². The molecule has 0 saturated heterocycles. The lowest BCUT2D eigenvalue weighted by molar-refractivity contribution is 0.0651. The lowest BCUT2D eigenvalue weighted by Crippen LogP contribution is -2.33. The van der Waals surface area contributed by atoms with Crippen molar-refractivity contribution < 1.29 is 19.2 Å². The van der Waals surface area contributed by atoms with Gasteiger partial charge in [-0.3, -0.25) is 4.79 Å². The molecule has 0 aliphatic carbocycles. The smallest absolute Gasteiger partial charge is 0.374 e. The number of rotatable bonds is 5. The third-order valence-corrected chi connectivity index (χ3v) is 2.64. The Kier molecular flexibility index (Phi) is 3.88. The van der Waals surface area contributed by atoms with Crippen LogP contribution in [-0.4, -0.2) is 28.7 Å². The molecule has 0 saturated carbocycles. The topological polar surface area (TPSA) is 92.4 Å². The molecule has 1 aromatic rings. The monoisotopic (exact) mass is 240 g/mol. The van der Waals surface area contributed by atoms with Gasteiger partial charge in [-0.1, -0.05) is 25.9 Å². The molecular formula is C11H16N2O4. The SMILES string of the molecule is CCC(C)(C)CNC(=O)c1cc(C(=O)O)on1. The number of carbonyl (C=O) groups excluding carboxylic acids is 1. The Balaban J connectivity index is 2.61. The predicted molar refractivity (Wildman–Crippen MR) is 59.9 cm³/mol. The molecular weight excluding hydrogens is 224 g/mol. The maximum Gasteiger partial charge on any atom is 0.374 e. The van der Waals surface area contributed by atoms with Gasteiger partial charge in [-0.15, -0.1) is 0 Å². The summed E-state index contributed by atoms with van der Waals surface area (Å²) in [7, 11) is 0. The van der Waals surface area contributed by atoms with Gasteiger partial charge < -0.3 is 14.9 Å². The molecule has 0 bridgehead atoms. The van der Waals surface area contributed by atoms with Gasteiger partial charge in [0.2, 0.25) is 5.76 Å². The largest absolute Gasteiger partial charge is 0.475 e. The van der Waals surface area contributed by atoms with Crippen molar-refractivity contribution in [3.05, 3.63) is 17.5 Å². The predicted octanol–water partition coefficient (Wildman–Crippen LogP) is 1.54. The molecule has 94 valence electrons. The van der Waals surface area contributed by atoms with Crippen LogP contribution in [0, 0.1) is 5.41 Å². The van der Waals surface area contributed by atoms with E-state index in [0.29, 0.717) is 6.54 Å². The quantitative estimate of drug-likeness (QED) is 0.814. The van der Waals surface area contributed by atoms with Crippen LogP contribution in [0.4, 0.5) is 0 Å². The van der Waals surface area contributed by atoms with Crippen molar-refractivity contribution >= 4 is 11.9 Å². The lowest BCUT2D eigenvalue weighted by atomic mass is 9.90. The fourth-order valence-corrected chi connectivity index (χ4v) is 1.02. The second-order valence-corrected chi connectivity index (χ2v) is 4.58. The first-order valence-electron chi connectivity index (χ1n) is 5.34. The highest BCUT2D eigenvalue weighted by molar-refractivity contribution is 5.94. The van der Waals surface area contributed by atoms with Gasteiger partial charge in [0.15, 0.2) is 5.69 Å². The van der Waals surface area contributed by atoms with Crippen LogP contribution in [0.2, 0.25) is 0 Å². The summed E-state index contributed by atoms with van der Waals surface area (Å²) in [6.45, 7) is 6.58. The second-order valence-electron chi connectivity index (χ2n) is 4.58. The standard InChI is InChI=1S/C11H16N2O4/c1-4-11(2,3)6-12-9(14)7-5-8(10(15)16)17-13-7/h5H,4,6H2,1-3H3,(H,12,14)(H,15,16). The number of hydrogen-bond donors (Lipinski definition) is 2. The third-order valence-electron chi connectivity index (χ3n) is 2.64. The Labute approximate surface area is 99.0 Å². The zero-order chi connectivity index (χ0) is 13.1. The molecule has 1 amide bonds. The molecule has 0 aliphatic heterocycles. The van der Waals surface area contributed by atoms with Gasteiger partial charge in [-0.2, -0.15) is 0 Å². The van der Waals surface area contributed by atoms with E-state index in [1.54, 1.807) is 0 Å². The summed E-state index contributed by atoms with van der Waals surface area (Å²) in [6, 6.07) is 1.11. The number of aromatic nitrogens is 1. The minimum Gasteiger partial charge on any atom is -0.475 e. The van der Waals surface area contributed by atoms with Crippen LogP contribution in [0.1, 0.15) is 48.2 Å². The molecule has 1 aromatic heterocycles. The van der Waals surface area contributed by atoms with Gasteiger partial charge in [-0.25, -0.2) is 4.79 Å². The molecule has 0 radical (unpaired) electrons. The molecule has 0 aromatic carbocycles. The van der Waals surface area contributed by atoms with E-state index >= 15 is 0 Å². The zero-order valence-corrected chi connectivity index (χ0v) is 10.1. The van der Waals surface area contributed by atoms with Gasteiger partial charge in [0.25, 0.3) is 5.91 Å². The van der Waals surface area contributed by atoms with Crippen molar-refractivity contribution in [2.24, 2.45) is 5.41 Å². The summed E-state index contributed by atoms with van der Waals surface area (Å²) in [5.41, 5.74) is -0.0241. The van der Waals surface area contributed by atoms with Gasteiger partial charge in [-0.05, 0) is 11.8 Å². The Morgan fingerprint density at radius 1 is 1.53 bits per heavy atom. The van der Waals surface area contributed by atoms with Crippen LogP contribution in [-0.2, 0) is 0 Å². The summed E-state index contributed by atoms with van der Waals surface area (Å²) < 4.78 is 4.50. The van der Waals surface area contributed by atoms with Crippen molar-refractivity contribution in [1.82, 2.24) is 10.5 Å². The first-order valence-corrected chi connectivity index (χ1v) is 5.34. The molecule has 0 aliphatic rings. The fourth-order valence-electron chi connectivity index (χ4n) is 1.02. The fraction of sp³-hybridized carbons (Fsp3) is 0.545. The number of amides is 1. The highest BCUT2D eigenvalue weighted by Crippen LogP contribution is 2.17. The Hall–Kier alpha value is -1.85. The van der Waals surface area contributed by atoms with Gasteiger partial charge in [0, 0.05) is 12.6 Å². The molecule has 17 heavy (non-hydrogen) atoms. The van der Waals surface area contributed by atoms with E-state index in [1.165, 1.54) is 0 Å². The molecule has 1 heterocycles. The highest BCUT2D eigenvalue weighted by Gasteiger charge is 2.20. The molecule has 0 unspecified atom stereocenters. The van der Waals surface area contributed by atoms with E-state index in [1.807, 2.05) is 20.8 Å². The van der Waals surface area contributed by atoms with E-state index in [4.69, 9.17) is 5.11 Å². The summed E-state index contributed by atoms with van der Waals surface area (Å²) in [6.07, 6.45) is 0.923. The van der Waals surface area contributed by atoms with Crippen molar-refractivity contribution in [2.75, 3.05) is 6.54 Å². The van der Waals surface area contributed by atoms with Crippen molar-refractivity contribution in [3.8, 4) is 0 Å². The summed E-state index contributed by atoms with van der Waals surface area (Å²) in [4.78, 5) is 22.2.